The van der Waals surface area contributed by atoms with Crippen molar-refractivity contribution in [2.75, 3.05) is 26.7 Å². The van der Waals surface area contributed by atoms with Crippen molar-refractivity contribution in [3.05, 3.63) is 35.4 Å². The largest absolute Gasteiger partial charge is 0.354 e. The molecule has 5 heteroatoms. The lowest BCUT2D eigenvalue weighted by atomic mass is 10.0. The number of hydrogen-bond acceptors (Lipinski definition) is 3. The Morgan fingerprint density at radius 1 is 1.25 bits per heavy atom. The van der Waals surface area contributed by atoms with Crippen LogP contribution in [0.4, 0.5) is 0 Å². The fraction of sp³-hybridized carbons (Fsp3) is 0.579. The first kappa shape index (κ1) is 18.5. The van der Waals surface area contributed by atoms with Gasteiger partial charge in [-0.1, -0.05) is 26.0 Å². The average Bonchev–Trinajstić information content (AvgIpc) is 2.53. The maximum absolute atomic E-state index is 12.6. The Kier molecular flexibility index (Phi) is 6.37. The number of rotatable bonds is 6. The number of piperazine rings is 1. The topological polar surface area (TPSA) is 52.7 Å². The van der Waals surface area contributed by atoms with Crippen LogP contribution in [0.5, 0.6) is 0 Å². The van der Waals surface area contributed by atoms with Gasteiger partial charge in [-0.15, -0.1) is 0 Å². The Morgan fingerprint density at radius 2 is 1.92 bits per heavy atom. The molecule has 0 unspecified atom stereocenters. The molecule has 0 aliphatic carbocycles. The van der Waals surface area contributed by atoms with E-state index in [4.69, 9.17) is 0 Å². The minimum Gasteiger partial charge on any atom is -0.354 e. The zero-order valence-corrected chi connectivity index (χ0v) is 15.2. The standard InChI is InChI=1S/C19H29N3O2/c1-14(2)11-15(3)21(4)19(24)17-7-5-16(6-8-17)12-22-10-9-20-18(23)13-22/h5-8,14-15H,9-13H2,1-4H3,(H,20,23)/t15-/m1/s1. The normalized spacial score (nSPS) is 16.8. The second-order valence-corrected chi connectivity index (χ2v) is 7.15. The lowest BCUT2D eigenvalue weighted by molar-refractivity contribution is -0.124. The second kappa shape index (κ2) is 8.29. The molecule has 0 radical (unpaired) electrons. The molecule has 2 rings (SSSR count). The van der Waals surface area contributed by atoms with Gasteiger partial charge >= 0.3 is 0 Å². The van der Waals surface area contributed by atoms with Crippen LogP contribution in [-0.4, -0.2) is 54.3 Å². The van der Waals surface area contributed by atoms with E-state index in [1.165, 1.54) is 0 Å². The Morgan fingerprint density at radius 3 is 2.50 bits per heavy atom. The second-order valence-electron chi connectivity index (χ2n) is 7.15. The lowest BCUT2D eigenvalue weighted by Gasteiger charge is -2.27. The van der Waals surface area contributed by atoms with Crippen molar-refractivity contribution in [3.8, 4) is 0 Å². The minimum atomic E-state index is 0.0621. The van der Waals surface area contributed by atoms with Crippen LogP contribution in [0.1, 0.15) is 43.1 Å². The number of carbonyl (C=O) groups is 2. The predicted octanol–water partition coefficient (Wildman–Crippen LogP) is 2.12. The van der Waals surface area contributed by atoms with Gasteiger partial charge in [-0.3, -0.25) is 14.5 Å². The highest BCUT2D eigenvalue weighted by atomic mass is 16.2. The molecule has 1 aliphatic heterocycles. The van der Waals surface area contributed by atoms with Gasteiger partial charge < -0.3 is 10.2 Å². The number of hydrogen-bond donors (Lipinski definition) is 1. The third-order valence-electron chi connectivity index (χ3n) is 4.52. The molecule has 2 amide bonds. The molecule has 5 nitrogen and oxygen atoms in total. The van der Waals surface area contributed by atoms with Crippen molar-refractivity contribution >= 4 is 11.8 Å². The van der Waals surface area contributed by atoms with Crippen molar-refractivity contribution in [3.63, 3.8) is 0 Å². The number of amides is 2. The van der Waals surface area contributed by atoms with Gasteiger partial charge in [0.05, 0.1) is 6.54 Å². The maximum atomic E-state index is 12.6. The van der Waals surface area contributed by atoms with Crippen LogP contribution < -0.4 is 5.32 Å². The zero-order chi connectivity index (χ0) is 17.7. The quantitative estimate of drug-likeness (QED) is 0.869. The van der Waals surface area contributed by atoms with Crippen molar-refractivity contribution < 1.29 is 9.59 Å². The summed E-state index contributed by atoms with van der Waals surface area (Å²) in [6.45, 7) is 9.18. The number of nitrogens with zero attached hydrogens (tertiary/aromatic N) is 2. The lowest BCUT2D eigenvalue weighted by Crippen LogP contribution is -2.47. The molecule has 0 saturated carbocycles. The van der Waals surface area contributed by atoms with Gasteiger partial charge in [0.25, 0.3) is 5.91 Å². The first-order valence-corrected chi connectivity index (χ1v) is 8.72. The molecule has 0 spiro atoms. The minimum absolute atomic E-state index is 0.0621. The van der Waals surface area contributed by atoms with Gasteiger partial charge in [0.2, 0.25) is 5.91 Å². The summed E-state index contributed by atoms with van der Waals surface area (Å²) in [6.07, 6.45) is 0.997. The highest BCUT2D eigenvalue weighted by molar-refractivity contribution is 5.94. The number of benzene rings is 1. The molecule has 0 bridgehead atoms. The molecule has 132 valence electrons. The van der Waals surface area contributed by atoms with Crippen LogP contribution in [0, 0.1) is 5.92 Å². The predicted molar refractivity (Wildman–Crippen MR) is 95.7 cm³/mol. The third kappa shape index (κ3) is 5.06. The van der Waals surface area contributed by atoms with Crippen molar-refractivity contribution in [1.29, 1.82) is 0 Å². The maximum Gasteiger partial charge on any atom is 0.253 e. The summed E-state index contributed by atoms with van der Waals surface area (Å²) in [5.74, 6) is 0.709. The van der Waals surface area contributed by atoms with E-state index in [0.29, 0.717) is 24.6 Å². The molecule has 1 aliphatic rings. The van der Waals surface area contributed by atoms with E-state index in [-0.39, 0.29) is 17.9 Å². The molecule has 1 N–H and O–H groups in total. The Bertz CT molecular complexity index is 568. The van der Waals surface area contributed by atoms with Gasteiger partial charge in [-0.2, -0.15) is 0 Å². The van der Waals surface area contributed by atoms with Gasteiger partial charge in [0.1, 0.15) is 0 Å². The SMILES string of the molecule is CC(C)C[C@@H](C)N(C)C(=O)c1ccc(CN2CCNC(=O)C2)cc1. The molecule has 1 saturated heterocycles. The number of carbonyl (C=O) groups excluding carboxylic acids is 2. The van der Waals surface area contributed by atoms with Gasteiger partial charge in [0, 0.05) is 38.3 Å². The Labute approximate surface area is 145 Å². The van der Waals surface area contributed by atoms with E-state index in [1.807, 2.05) is 36.2 Å². The molecule has 1 heterocycles. The summed E-state index contributed by atoms with van der Waals surface area (Å²) < 4.78 is 0. The van der Waals surface area contributed by atoms with E-state index in [0.717, 1.165) is 25.1 Å². The van der Waals surface area contributed by atoms with Crippen LogP contribution in [0.2, 0.25) is 0 Å². The van der Waals surface area contributed by atoms with Crippen LogP contribution in [-0.2, 0) is 11.3 Å². The van der Waals surface area contributed by atoms with Gasteiger partial charge in [0.15, 0.2) is 0 Å². The highest BCUT2D eigenvalue weighted by Gasteiger charge is 2.19. The van der Waals surface area contributed by atoms with Crippen LogP contribution in [0.3, 0.4) is 0 Å². The Hall–Kier alpha value is -1.88. The van der Waals surface area contributed by atoms with Crippen molar-refractivity contribution in [2.45, 2.75) is 39.8 Å². The fourth-order valence-corrected chi connectivity index (χ4v) is 3.08. The zero-order valence-electron chi connectivity index (χ0n) is 15.2. The average molecular weight is 331 g/mol. The summed E-state index contributed by atoms with van der Waals surface area (Å²) >= 11 is 0. The molecule has 0 aromatic heterocycles. The van der Waals surface area contributed by atoms with E-state index < -0.39 is 0 Å². The van der Waals surface area contributed by atoms with E-state index in [1.54, 1.807) is 0 Å². The third-order valence-corrected chi connectivity index (χ3v) is 4.52. The summed E-state index contributed by atoms with van der Waals surface area (Å²) in [6, 6.07) is 7.98. The van der Waals surface area contributed by atoms with Gasteiger partial charge in [-0.05, 0) is 37.0 Å². The summed E-state index contributed by atoms with van der Waals surface area (Å²) in [5.41, 5.74) is 1.84. The van der Waals surface area contributed by atoms with Crippen molar-refractivity contribution in [1.82, 2.24) is 15.1 Å². The first-order chi connectivity index (χ1) is 11.4. The first-order valence-electron chi connectivity index (χ1n) is 8.72. The molecule has 1 aromatic carbocycles. The van der Waals surface area contributed by atoms with E-state index in [2.05, 4.69) is 31.0 Å². The van der Waals surface area contributed by atoms with Crippen molar-refractivity contribution in [2.24, 2.45) is 5.92 Å². The molecular formula is C19H29N3O2. The smallest absolute Gasteiger partial charge is 0.253 e. The molecule has 1 atom stereocenters. The number of nitrogens with one attached hydrogen (secondary N) is 1. The summed E-state index contributed by atoms with van der Waals surface area (Å²) in [5, 5.41) is 2.83. The summed E-state index contributed by atoms with van der Waals surface area (Å²) in [4.78, 5) is 27.9. The van der Waals surface area contributed by atoms with Crippen LogP contribution >= 0.6 is 0 Å². The summed E-state index contributed by atoms with van der Waals surface area (Å²) in [7, 11) is 1.87. The highest BCUT2D eigenvalue weighted by Crippen LogP contribution is 2.14. The molecule has 1 fully saturated rings. The Balaban J connectivity index is 1.95. The van der Waals surface area contributed by atoms with E-state index >= 15 is 0 Å². The molecule has 1 aromatic rings. The van der Waals surface area contributed by atoms with Crippen LogP contribution in [0.25, 0.3) is 0 Å². The van der Waals surface area contributed by atoms with E-state index in [9.17, 15) is 9.59 Å². The fourth-order valence-electron chi connectivity index (χ4n) is 3.08. The molecular weight excluding hydrogens is 302 g/mol. The molecule has 24 heavy (non-hydrogen) atoms. The van der Waals surface area contributed by atoms with Gasteiger partial charge in [-0.25, -0.2) is 0 Å². The monoisotopic (exact) mass is 331 g/mol. The van der Waals surface area contributed by atoms with Crippen LogP contribution in [0.15, 0.2) is 24.3 Å².